The highest BCUT2D eigenvalue weighted by molar-refractivity contribution is 6.28. The number of halogens is 2. The quantitative estimate of drug-likeness (QED) is 0.320. The number of fused-ring (bicyclic) bond motifs is 1. The summed E-state index contributed by atoms with van der Waals surface area (Å²) >= 11 is 6.20. The number of amides is 1. The number of nitrogens with zero attached hydrogens (tertiary/aromatic N) is 3. The Hall–Kier alpha value is -3.79. The molecule has 1 aromatic carbocycles. The van der Waals surface area contributed by atoms with Crippen LogP contribution in [0.1, 0.15) is 18.4 Å². The zero-order valence-corrected chi connectivity index (χ0v) is 18.6. The zero-order valence-electron chi connectivity index (χ0n) is 17.8. The molecule has 1 amide bonds. The standard InChI is InChI=1S/C22H21ClFN5O4/c1-12(26-22(30)31)10-16-18(24)17-19(25-11-15-4-3-9-33-15)27-21(23)28-20(17)29(16)13-5-7-14(32-2)8-6-13/h3-9,12,26H,10-11H2,1-2H3,(H,30,31)(H,25,27,28). The number of hydrogen-bond donors (Lipinski definition) is 3. The third-order valence-corrected chi connectivity index (χ3v) is 5.20. The monoisotopic (exact) mass is 473 g/mol. The topological polar surface area (TPSA) is 114 Å². The summed E-state index contributed by atoms with van der Waals surface area (Å²) in [6, 6.07) is 9.93. The number of anilines is 1. The van der Waals surface area contributed by atoms with Crippen LogP contribution in [0.15, 0.2) is 47.1 Å². The van der Waals surface area contributed by atoms with Gasteiger partial charge in [-0.15, -0.1) is 0 Å². The van der Waals surface area contributed by atoms with Crippen LogP contribution in [0, 0.1) is 5.82 Å². The summed E-state index contributed by atoms with van der Waals surface area (Å²) in [5.41, 5.74) is 1.08. The highest BCUT2D eigenvalue weighted by atomic mass is 35.5. The Kier molecular flexibility index (Phi) is 6.36. The lowest BCUT2D eigenvalue weighted by atomic mass is 10.1. The molecule has 0 aliphatic heterocycles. The lowest BCUT2D eigenvalue weighted by molar-refractivity contribution is 0.190. The minimum Gasteiger partial charge on any atom is -0.497 e. The van der Waals surface area contributed by atoms with Gasteiger partial charge in [-0.05, 0) is 54.9 Å². The van der Waals surface area contributed by atoms with Crippen molar-refractivity contribution in [3.63, 3.8) is 0 Å². The molecular formula is C22H21ClFN5O4. The van der Waals surface area contributed by atoms with E-state index in [0.29, 0.717) is 17.2 Å². The molecule has 3 heterocycles. The number of rotatable bonds is 8. The fourth-order valence-corrected chi connectivity index (χ4v) is 3.78. The summed E-state index contributed by atoms with van der Waals surface area (Å²) in [4.78, 5) is 19.6. The van der Waals surface area contributed by atoms with Crippen molar-refractivity contribution in [2.75, 3.05) is 12.4 Å². The minimum atomic E-state index is -1.20. The van der Waals surface area contributed by atoms with Gasteiger partial charge in [0.15, 0.2) is 11.5 Å². The van der Waals surface area contributed by atoms with Crippen molar-refractivity contribution in [2.24, 2.45) is 0 Å². The molecule has 4 aromatic rings. The fraction of sp³-hybridized carbons (Fsp3) is 0.227. The van der Waals surface area contributed by atoms with Crippen LogP contribution >= 0.6 is 11.6 Å². The fourth-order valence-electron chi connectivity index (χ4n) is 3.61. The summed E-state index contributed by atoms with van der Waals surface area (Å²) in [6.45, 7) is 1.91. The first-order valence-electron chi connectivity index (χ1n) is 10.0. The first kappa shape index (κ1) is 22.4. The molecule has 4 rings (SSSR count). The van der Waals surface area contributed by atoms with E-state index in [1.807, 2.05) is 0 Å². The van der Waals surface area contributed by atoms with E-state index < -0.39 is 18.0 Å². The molecule has 1 atom stereocenters. The van der Waals surface area contributed by atoms with E-state index in [1.54, 1.807) is 55.0 Å². The van der Waals surface area contributed by atoms with Gasteiger partial charge in [-0.1, -0.05) is 0 Å². The summed E-state index contributed by atoms with van der Waals surface area (Å²) in [5, 5.41) is 14.6. The van der Waals surface area contributed by atoms with Gasteiger partial charge in [0.2, 0.25) is 5.28 Å². The van der Waals surface area contributed by atoms with Crippen molar-refractivity contribution in [3.8, 4) is 11.4 Å². The van der Waals surface area contributed by atoms with Crippen molar-refractivity contribution in [3.05, 3.63) is 65.2 Å². The minimum absolute atomic E-state index is 0.0652. The molecule has 0 bridgehead atoms. The molecule has 0 saturated heterocycles. The van der Waals surface area contributed by atoms with Crippen molar-refractivity contribution in [1.29, 1.82) is 0 Å². The summed E-state index contributed by atoms with van der Waals surface area (Å²) in [7, 11) is 1.55. The van der Waals surface area contributed by atoms with Crippen LogP contribution in [0.5, 0.6) is 5.75 Å². The molecule has 0 spiro atoms. The van der Waals surface area contributed by atoms with Crippen molar-refractivity contribution in [2.45, 2.75) is 25.9 Å². The van der Waals surface area contributed by atoms with Crippen LogP contribution < -0.4 is 15.4 Å². The van der Waals surface area contributed by atoms with E-state index in [0.717, 1.165) is 0 Å². The molecular weight excluding hydrogens is 453 g/mol. The number of aromatic nitrogens is 3. The molecule has 33 heavy (non-hydrogen) atoms. The molecule has 3 aromatic heterocycles. The Labute approximate surface area is 193 Å². The molecule has 0 radical (unpaired) electrons. The van der Waals surface area contributed by atoms with Crippen molar-refractivity contribution < 1.29 is 23.4 Å². The Balaban J connectivity index is 1.87. The highest BCUT2D eigenvalue weighted by Crippen LogP contribution is 2.34. The van der Waals surface area contributed by atoms with Gasteiger partial charge in [-0.3, -0.25) is 4.57 Å². The Bertz CT molecular complexity index is 1270. The average Bonchev–Trinajstić information content (AvgIpc) is 3.38. The molecule has 9 nitrogen and oxygen atoms in total. The molecule has 1 unspecified atom stereocenters. The Morgan fingerprint density at radius 1 is 1.30 bits per heavy atom. The van der Waals surface area contributed by atoms with E-state index in [4.69, 9.17) is 25.9 Å². The summed E-state index contributed by atoms with van der Waals surface area (Å²) in [6.07, 6.45) is 0.406. The Morgan fingerprint density at radius 3 is 2.70 bits per heavy atom. The molecule has 0 aliphatic carbocycles. The largest absolute Gasteiger partial charge is 0.497 e. The lowest BCUT2D eigenvalue weighted by Crippen LogP contribution is -2.33. The molecule has 11 heteroatoms. The maximum Gasteiger partial charge on any atom is 0.404 e. The maximum atomic E-state index is 15.9. The van der Waals surface area contributed by atoms with Gasteiger partial charge in [-0.2, -0.15) is 9.97 Å². The van der Waals surface area contributed by atoms with Gasteiger partial charge in [0.05, 0.1) is 31.0 Å². The van der Waals surface area contributed by atoms with Crippen LogP contribution in [0.4, 0.5) is 15.0 Å². The van der Waals surface area contributed by atoms with E-state index in [9.17, 15) is 4.79 Å². The zero-order chi connectivity index (χ0) is 23.5. The number of carboxylic acid groups (broad SMARTS) is 1. The van der Waals surface area contributed by atoms with Gasteiger partial charge in [-0.25, -0.2) is 9.18 Å². The normalized spacial score (nSPS) is 12.0. The number of benzene rings is 1. The van der Waals surface area contributed by atoms with Crippen LogP contribution in [0.2, 0.25) is 5.28 Å². The molecule has 0 saturated carbocycles. The van der Waals surface area contributed by atoms with Gasteiger partial charge in [0, 0.05) is 18.2 Å². The van der Waals surface area contributed by atoms with Gasteiger partial charge in [0.1, 0.15) is 17.3 Å². The van der Waals surface area contributed by atoms with E-state index >= 15 is 4.39 Å². The number of carbonyl (C=O) groups is 1. The molecule has 0 fully saturated rings. The van der Waals surface area contributed by atoms with Crippen molar-refractivity contribution >= 4 is 34.5 Å². The van der Waals surface area contributed by atoms with Gasteiger partial charge in [0.25, 0.3) is 0 Å². The third-order valence-electron chi connectivity index (χ3n) is 5.03. The van der Waals surface area contributed by atoms with E-state index in [2.05, 4.69) is 20.6 Å². The summed E-state index contributed by atoms with van der Waals surface area (Å²) < 4.78 is 28.0. The SMILES string of the molecule is COc1ccc(-n2c(CC(C)NC(=O)O)c(F)c3c(NCc4ccco4)nc(Cl)nc32)cc1. The average molecular weight is 474 g/mol. The van der Waals surface area contributed by atoms with Gasteiger partial charge < -0.3 is 24.9 Å². The number of ether oxygens (including phenoxy) is 1. The smallest absolute Gasteiger partial charge is 0.404 e. The first-order valence-corrected chi connectivity index (χ1v) is 10.4. The number of furan rings is 1. The first-order chi connectivity index (χ1) is 15.9. The predicted molar refractivity (Wildman–Crippen MR) is 121 cm³/mol. The summed E-state index contributed by atoms with van der Waals surface area (Å²) in [5.74, 6) is 0.892. The highest BCUT2D eigenvalue weighted by Gasteiger charge is 2.25. The van der Waals surface area contributed by atoms with Crippen LogP contribution in [-0.4, -0.2) is 38.9 Å². The van der Waals surface area contributed by atoms with Crippen molar-refractivity contribution in [1.82, 2.24) is 19.9 Å². The van der Waals surface area contributed by atoms with Crippen LogP contribution in [0.25, 0.3) is 16.7 Å². The molecule has 172 valence electrons. The molecule has 0 aliphatic rings. The van der Waals surface area contributed by atoms with E-state index in [1.165, 1.54) is 6.26 Å². The van der Waals surface area contributed by atoms with E-state index in [-0.39, 0.29) is 40.8 Å². The number of hydrogen-bond acceptors (Lipinski definition) is 6. The second-order valence-electron chi connectivity index (χ2n) is 7.32. The van der Waals surface area contributed by atoms with Gasteiger partial charge >= 0.3 is 6.09 Å². The second-order valence-corrected chi connectivity index (χ2v) is 7.66. The number of methoxy groups -OCH3 is 1. The predicted octanol–water partition coefficient (Wildman–Crippen LogP) is 4.63. The third kappa shape index (κ3) is 4.70. The van der Waals surface area contributed by atoms with Crippen LogP contribution in [0.3, 0.4) is 0 Å². The second kappa shape index (κ2) is 9.37. The number of nitrogens with one attached hydrogen (secondary N) is 2. The van der Waals surface area contributed by atoms with Crippen LogP contribution in [-0.2, 0) is 13.0 Å². The lowest BCUT2D eigenvalue weighted by Gasteiger charge is -2.15. The molecule has 3 N–H and O–H groups in total. The maximum absolute atomic E-state index is 15.9. The Morgan fingerprint density at radius 2 is 2.06 bits per heavy atom.